The molecule has 3 atom stereocenters. The topological polar surface area (TPSA) is 78.7 Å². The van der Waals surface area contributed by atoms with E-state index in [1.807, 2.05) is 17.0 Å². The van der Waals surface area contributed by atoms with Crippen molar-refractivity contribution in [2.45, 2.75) is 31.8 Å². The number of fused-ring (bicyclic) bond motifs is 2. The van der Waals surface area contributed by atoms with Crippen LogP contribution in [-0.4, -0.2) is 54.0 Å². The molecule has 3 N–H and O–H groups in total. The molecule has 0 spiro atoms. The molecule has 26 heavy (non-hydrogen) atoms. The molecular formula is C19H27ClN4O2. The quantitative estimate of drug-likeness (QED) is 0.815. The molecule has 7 heteroatoms. The normalized spacial score (nSPS) is 26.7. The van der Waals surface area contributed by atoms with E-state index in [2.05, 4.69) is 17.4 Å². The van der Waals surface area contributed by atoms with Crippen LogP contribution in [0.5, 0.6) is 0 Å². The van der Waals surface area contributed by atoms with Gasteiger partial charge in [0.25, 0.3) is 0 Å². The van der Waals surface area contributed by atoms with Gasteiger partial charge in [-0.25, -0.2) is 4.79 Å². The number of carbonyl (C=O) groups is 2. The Morgan fingerprint density at radius 3 is 2.65 bits per heavy atom. The van der Waals surface area contributed by atoms with Gasteiger partial charge in [-0.2, -0.15) is 0 Å². The Labute approximate surface area is 160 Å². The van der Waals surface area contributed by atoms with E-state index < -0.39 is 0 Å². The van der Waals surface area contributed by atoms with Crippen LogP contribution in [-0.2, 0) is 17.8 Å². The number of likely N-dealkylation sites (tertiary alicyclic amines) is 1. The van der Waals surface area contributed by atoms with Crippen LogP contribution in [0.25, 0.3) is 0 Å². The molecule has 3 amide bonds. The average Bonchev–Trinajstić information content (AvgIpc) is 3.21. The minimum atomic E-state index is -0.154. The molecule has 142 valence electrons. The van der Waals surface area contributed by atoms with E-state index in [1.54, 1.807) is 4.90 Å². The van der Waals surface area contributed by atoms with Crippen molar-refractivity contribution in [3.8, 4) is 0 Å². The molecule has 3 aliphatic rings. The zero-order chi connectivity index (χ0) is 17.4. The Morgan fingerprint density at radius 1 is 1.12 bits per heavy atom. The number of rotatable bonds is 2. The van der Waals surface area contributed by atoms with E-state index in [-0.39, 0.29) is 36.9 Å². The van der Waals surface area contributed by atoms with Crippen molar-refractivity contribution in [3.05, 3.63) is 35.4 Å². The number of hydrogen-bond donors (Lipinski definition) is 2. The van der Waals surface area contributed by atoms with E-state index in [4.69, 9.17) is 5.73 Å². The van der Waals surface area contributed by atoms with Crippen LogP contribution < -0.4 is 11.1 Å². The molecule has 2 aliphatic heterocycles. The van der Waals surface area contributed by atoms with Gasteiger partial charge in [0.15, 0.2) is 0 Å². The van der Waals surface area contributed by atoms with Crippen LogP contribution in [0.15, 0.2) is 24.3 Å². The predicted octanol–water partition coefficient (Wildman–Crippen LogP) is 1.37. The van der Waals surface area contributed by atoms with Crippen molar-refractivity contribution in [2.24, 2.45) is 17.6 Å². The van der Waals surface area contributed by atoms with Gasteiger partial charge in [-0.15, -0.1) is 12.4 Å². The third-order valence-electron chi connectivity index (χ3n) is 6.07. The van der Waals surface area contributed by atoms with Gasteiger partial charge in [0.1, 0.15) is 0 Å². The molecule has 1 aromatic rings. The molecule has 3 unspecified atom stereocenters. The van der Waals surface area contributed by atoms with Crippen molar-refractivity contribution < 1.29 is 9.59 Å². The number of nitrogens with zero attached hydrogens (tertiary/aromatic N) is 2. The van der Waals surface area contributed by atoms with Crippen LogP contribution >= 0.6 is 12.4 Å². The summed E-state index contributed by atoms with van der Waals surface area (Å²) in [5, 5.41) is 2.80. The number of halogens is 1. The zero-order valence-corrected chi connectivity index (χ0v) is 15.7. The van der Waals surface area contributed by atoms with E-state index >= 15 is 0 Å². The van der Waals surface area contributed by atoms with E-state index in [0.717, 1.165) is 32.4 Å². The first-order valence-electron chi connectivity index (χ1n) is 9.24. The highest BCUT2D eigenvalue weighted by Gasteiger charge is 2.42. The third-order valence-corrected chi connectivity index (χ3v) is 6.07. The minimum Gasteiger partial charge on any atom is -0.341 e. The summed E-state index contributed by atoms with van der Waals surface area (Å²) in [5.41, 5.74) is 8.63. The number of urea groups is 1. The molecule has 0 radical (unpaired) electrons. The van der Waals surface area contributed by atoms with Gasteiger partial charge in [0, 0.05) is 32.2 Å². The van der Waals surface area contributed by atoms with Crippen molar-refractivity contribution >= 4 is 24.3 Å². The van der Waals surface area contributed by atoms with Crippen LogP contribution in [0, 0.1) is 11.8 Å². The predicted molar refractivity (Wildman–Crippen MR) is 102 cm³/mol. The lowest BCUT2D eigenvalue weighted by atomic mass is 9.98. The summed E-state index contributed by atoms with van der Waals surface area (Å²) in [5.74, 6) is 0.999. The van der Waals surface area contributed by atoms with Crippen molar-refractivity contribution in [1.29, 1.82) is 0 Å². The summed E-state index contributed by atoms with van der Waals surface area (Å²) in [6, 6.07) is 8.28. The molecule has 1 saturated heterocycles. The van der Waals surface area contributed by atoms with Crippen molar-refractivity contribution in [3.63, 3.8) is 0 Å². The first kappa shape index (κ1) is 19.0. The first-order valence-corrected chi connectivity index (χ1v) is 9.24. The number of amides is 3. The second kappa shape index (κ2) is 7.84. The maximum absolute atomic E-state index is 12.4. The molecular weight excluding hydrogens is 352 g/mol. The van der Waals surface area contributed by atoms with Crippen molar-refractivity contribution in [2.75, 3.05) is 26.2 Å². The molecule has 4 rings (SSSR count). The van der Waals surface area contributed by atoms with E-state index in [9.17, 15) is 9.59 Å². The molecule has 1 saturated carbocycles. The molecule has 6 nitrogen and oxygen atoms in total. The summed E-state index contributed by atoms with van der Waals surface area (Å²) < 4.78 is 0. The number of carbonyl (C=O) groups excluding carboxylic acids is 2. The fraction of sp³-hybridized carbons (Fsp3) is 0.579. The van der Waals surface area contributed by atoms with Crippen LogP contribution in [0.1, 0.15) is 24.0 Å². The maximum Gasteiger partial charge on any atom is 0.318 e. The summed E-state index contributed by atoms with van der Waals surface area (Å²) in [4.78, 5) is 28.5. The largest absolute Gasteiger partial charge is 0.341 e. The zero-order valence-electron chi connectivity index (χ0n) is 14.9. The lowest BCUT2D eigenvalue weighted by Crippen LogP contribution is -2.47. The highest BCUT2D eigenvalue weighted by atomic mass is 35.5. The fourth-order valence-electron chi connectivity index (χ4n) is 4.56. The molecule has 2 heterocycles. The molecule has 2 fully saturated rings. The summed E-state index contributed by atoms with van der Waals surface area (Å²) in [6.07, 6.45) is 3.06. The van der Waals surface area contributed by atoms with Gasteiger partial charge < -0.3 is 20.9 Å². The molecule has 1 aromatic carbocycles. The van der Waals surface area contributed by atoms with Crippen LogP contribution in [0.2, 0.25) is 0 Å². The second-order valence-electron chi connectivity index (χ2n) is 7.56. The summed E-state index contributed by atoms with van der Waals surface area (Å²) in [6.45, 7) is 2.92. The Hall–Kier alpha value is -1.79. The second-order valence-corrected chi connectivity index (χ2v) is 7.56. The SMILES string of the molecule is Cl.NC1CCC2CN(C(=O)CNC(=O)N3CCc4ccccc4C3)CC12. The standard InChI is InChI=1S/C19H26N4O2.ClH/c20-17-6-5-15-11-23(12-16(15)17)18(24)9-21-19(25)22-8-7-13-3-1-2-4-14(13)10-22;/h1-4,15-17H,5-12,20H2,(H,21,25);1H. The highest BCUT2D eigenvalue weighted by Crippen LogP contribution is 2.36. The van der Waals surface area contributed by atoms with Gasteiger partial charge in [0.2, 0.25) is 5.91 Å². The monoisotopic (exact) mass is 378 g/mol. The van der Waals surface area contributed by atoms with E-state index in [1.165, 1.54) is 11.1 Å². The lowest BCUT2D eigenvalue weighted by molar-refractivity contribution is -0.129. The third kappa shape index (κ3) is 3.67. The fourth-order valence-corrected chi connectivity index (χ4v) is 4.56. The van der Waals surface area contributed by atoms with Crippen molar-refractivity contribution in [1.82, 2.24) is 15.1 Å². The number of benzene rings is 1. The number of nitrogens with one attached hydrogen (secondary N) is 1. The van der Waals surface area contributed by atoms with Gasteiger partial charge >= 0.3 is 6.03 Å². The van der Waals surface area contributed by atoms with Gasteiger partial charge in [-0.1, -0.05) is 24.3 Å². The number of nitrogens with two attached hydrogens (primary N) is 1. The van der Waals surface area contributed by atoms with Gasteiger partial charge in [-0.3, -0.25) is 4.79 Å². The Balaban J connectivity index is 0.00000196. The average molecular weight is 379 g/mol. The summed E-state index contributed by atoms with van der Waals surface area (Å²) >= 11 is 0. The lowest BCUT2D eigenvalue weighted by Gasteiger charge is -2.29. The molecule has 0 aromatic heterocycles. The summed E-state index contributed by atoms with van der Waals surface area (Å²) in [7, 11) is 0. The molecule has 0 bridgehead atoms. The van der Waals surface area contributed by atoms with Crippen LogP contribution in [0.4, 0.5) is 4.79 Å². The minimum absolute atomic E-state index is 0. The highest BCUT2D eigenvalue weighted by molar-refractivity contribution is 5.85. The number of hydrogen-bond acceptors (Lipinski definition) is 3. The maximum atomic E-state index is 12.4. The smallest absolute Gasteiger partial charge is 0.318 e. The van der Waals surface area contributed by atoms with Gasteiger partial charge in [0.05, 0.1) is 6.54 Å². The molecule has 1 aliphatic carbocycles. The first-order chi connectivity index (χ1) is 12.1. The van der Waals surface area contributed by atoms with Gasteiger partial charge in [-0.05, 0) is 42.2 Å². The Bertz CT molecular complexity index is 683. The Kier molecular flexibility index (Phi) is 5.73. The van der Waals surface area contributed by atoms with E-state index in [0.29, 0.717) is 24.9 Å². The Morgan fingerprint density at radius 2 is 1.88 bits per heavy atom. The van der Waals surface area contributed by atoms with Crippen LogP contribution in [0.3, 0.4) is 0 Å².